The van der Waals surface area contributed by atoms with Gasteiger partial charge in [0.15, 0.2) is 6.04 Å². The number of carbonyl (C=O) groups is 6. The van der Waals surface area contributed by atoms with Crippen LogP contribution in [0, 0.1) is 0 Å². The van der Waals surface area contributed by atoms with E-state index in [9.17, 15) is 33.9 Å². The molecule has 0 aliphatic carbocycles. The van der Waals surface area contributed by atoms with Crippen LogP contribution in [0.5, 0.6) is 0 Å². The quantitative estimate of drug-likeness (QED) is 0.0899. The molecule has 21 heteroatoms. The summed E-state index contributed by atoms with van der Waals surface area (Å²) in [5.74, 6) is -1.43. The third kappa shape index (κ3) is 23.3. The Labute approximate surface area is 454 Å². The van der Waals surface area contributed by atoms with Crippen molar-refractivity contribution < 1.29 is 52.8 Å². The SMILES string of the molecule is CC(C)(C)OC(=O)N1CCN(C(=O)OC(C)(C)C)C(C(=O)O)C1.CC(C)(C)OC(=O)N1CCN(C(=O)OC(C)(C)C)[C@@H](C(=O)N(CCCn2ccnc2)Cc2ccccc2)C1.c1ccc(CNCCCn2ccnc2)cc1. The number of carbonyl (C=O) groups excluding carboxylic acids is 5. The lowest BCUT2D eigenvalue weighted by atomic mass is 10.1. The molecule has 77 heavy (non-hydrogen) atoms. The fourth-order valence-electron chi connectivity index (χ4n) is 7.83. The van der Waals surface area contributed by atoms with Crippen molar-refractivity contribution in [2.75, 3.05) is 52.4 Å². The normalized spacial score (nSPS) is 15.9. The molecule has 4 aromatic rings. The molecule has 1 unspecified atom stereocenters. The summed E-state index contributed by atoms with van der Waals surface area (Å²) in [7, 11) is 0. The number of aromatic nitrogens is 4. The lowest BCUT2D eigenvalue weighted by molar-refractivity contribution is -0.145. The number of amides is 5. The molecule has 0 radical (unpaired) electrons. The van der Waals surface area contributed by atoms with E-state index >= 15 is 0 Å². The summed E-state index contributed by atoms with van der Waals surface area (Å²) < 4.78 is 25.7. The first-order chi connectivity index (χ1) is 36.1. The van der Waals surface area contributed by atoms with Crippen molar-refractivity contribution in [3.63, 3.8) is 0 Å². The highest BCUT2D eigenvalue weighted by atomic mass is 16.6. The number of ether oxygens (including phenoxy) is 4. The van der Waals surface area contributed by atoms with Gasteiger partial charge in [0.05, 0.1) is 25.7 Å². The maximum atomic E-state index is 14.1. The molecule has 424 valence electrons. The second kappa shape index (κ2) is 28.8. The fourth-order valence-corrected chi connectivity index (χ4v) is 7.83. The largest absolute Gasteiger partial charge is 0.480 e. The number of nitrogens with zero attached hydrogens (tertiary/aromatic N) is 9. The van der Waals surface area contributed by atoms with Crippen LogP contribution in [0.3, 0.4) is 0 Å². The highest BCUT2D eigenvalue weighted by Gasteiger charge is 2.43. The van der Waals surface area contributed by atoms with Gasteiger partial charge in [-0.25, -0.2) is 33.9 Å². The van der Waals surface area contributed by atoms with Gasteiger partial charge >= 0.3 is 30.3 Å². The molecule has 2 fully saturated rings. The van der Waals surface area contributed by atoms with Gasteiger partial charge in [-0.05, 0) is 114 Å². The maximum absolute atomic E-state index is 14.1. The van der Waals surface area contributed by atoms with Crippen molar-refractivity contribution in [1.82, 2.24) is 48.9 Å². The van der Waals surface area contributed by atoms with Crippen LogP contribution in [-0.2, 0) is 54.7 Å². The van der Waals surface area contributed by atoms with Crippen molar-refractivity contribution in [3.8, 4) is 0 Å². The first kappa shape index (κ1) is 62.4. The Balaban J connectivity index is 0.000000277. The number of hydrogen-bond acceptors (Lipinski definition) is 13. The van der Waals surface area contributed by atoms with Crippen molar-refractivity contribution in [2.24, 2.45) is 0 Å². The van der Waals surface area contributed by atoms with E-state index in [-0.39, 0.29) is 45.2 Å². The number of piperazine rings is 2. The van der Waals surface area contributed by atoms with Crippen LogP contribution in [0.2, 0.25) is 0 Å². The van der Waals surface area contributed by atoms with Gasteiger partial charge in [0, 0.05) is 83.7 Å². The number of nitrogens with one attached hydrogen (secondary N) is 1. The predicted octanol–water partition coefficient (Wildman–Crippen LogP) is 8.15. The minimum atomic E-state index is -1.19. The number of aliphatic carboxylic acids is 1. The minimum Gasteiger partial charge on any atom is -0.480 e. The van der Waals surface area contributed by atoms with Gasteiger partial charge in [-0.1, -0.05) is 60.7 Å². The number of hydrogen-bond donors (Lipinski definition) is 2. The lowest BCUT2D eigenvalue weighted by Crippen LogP contribution is -2.62. The second-order valence-corrected chi connectivity index (χ2v) is 22.8. The molecule has 2 N–H and O–H groups in total. The third-order valence-electron chi connectivity index (χ3n) is 11.3. The van der Waals surface area contributed by atoms with E-state index in [0.29, 0.717) is 26.1 Å². The van der Waals surface area contributed by atoms with E-state index in [1.807, 2.05) is 65.9 Å². The van der Waals surface area contributed by atoms with Gasteiger partial charge in [0.1, 0.15) is 28.4 Å². The van der Waals surface area contributed by atoms with Crippen LogP contribution in [0.15, 0.2) is 98.1 Å². The highest BCUT2D eigenvalue weighted by molar-refractivity contribution is 5.87. The molecule has 2 saturated heterocycles. The Hall–Kier alpha value is -7.16. The molecular formula is C56H84N10O11. The number of carboxylic acid groups (broad SMARTS) is 1. The number of aryl methyl sites for hydroxylation is 2. The second-order valence-electron chi connectivity index (χ2n) is 22.8. The Morgan fingerprint density at radius 3 is 1.42 bits per heavy atom. The summed E-state index contributed by atoms with van der Waals surface area (Å²) in [5, 5.41) is 12.8. The van der Waals surface area contributed by atoms with Crippen molar-refractivity contribution >= 4 is 36.2 Å². The van der Waals surface area contributed by atoms with Gasteiger partial charge in [0.25, 0.3) is 0 Å². The van der Waals surface area contributed by atoms with Gasteiger partial charge < -0.3 is 53.2 Å². The van der Waals surface area contributed by atoms with Crippen LogP contribution < -0.4 is 5.32 Å². The predicted molar refractivity (Wildman–Crippen MR) is 290 cm³/mol. The summed E-state index contributed by atoms with van der Waals surface area (Å²) in [4.78, 5) is 91.1. The average molecular weight is 1070 g/mol. The van der Waals surface area contributed by atoms with Crippen LogP contribution in [0.25, 0.3) is 0 Å². The Bertz CT molecular complexity index is 2430. The average Bonchev–Trinajstić information content (AvgIpc) is 4.08. The van der Waals surface area contributed by atoms with Crippen LogP contribution in [-0.4, -0.2) is 172 Å². The first-order valence-electron chi connectivity index (χ1n) is 26.2. The number of rotatable bonds is 14. The highest BCUT2D eigenvalue weighted by Crippen LogP contribution is 2.22. The molecule has 2 aromatic heterocycles. The molecule has 2 aliphatic heterocycles. The molecule has 2 aromatic carbocycles. The molecule has 0 bridgehead atoms. The van der Waals surface area contributed by atoms with Crippen LogP contribution >= 0.6 is 0 Å². The van der Waals surface area contributed by atoms with Crippen molar-refractivity contribution in [3.05, 3.63) is 109 Å². The summed E-state index contributed by atoms with van der Waals surface area (Å²) in [6.45, 7) is 26.2. The molecule has 0 saturated carbocycles. The zero-order valence-corrected chi connectivity index (χ0v) is 47.3. The zero-order valence-electron chi connectivity index (χ0n) is 47.3. The molecule has 5 amide bonds. The fraction of sp³-hybridized carbons (Fsp3) is 0.571. The summed E-state index contributed by atoms with van der Waals surface area (Å²) in [5.41, 5.74) is -0.467. The lowest BCUT2D eigenvalue weighted by Gasteiger charge is -2.42. The van der Waals surface area contributed by atoms with E-state index in [0.717, 1.165) is 36.5 Å². The van der Waals surface area contributed by atoms with E-state index in [1.54, 1.807) is 101 Å². The molecule has 21 nitrogen and oxygen atoms in total. The van der Waals surface area contributed by atoms with Crippen LogP contribution in [0.1, 0.15) is 107 Å². The smallest absolute Gasteiger partial charge is 0.411 e. The number of benzene rings is 2. The summed E-state index contributed by atoms with van der Waals surface area (Å²) >= 11 is 0. The van der Waals surface area contributed by atoms with E-state index < -0.39 is 64.8 Å². The number of carboxylic acids is 1. The monoisotopic (exact) mass is 1070 g/mol. The number of imidazole rings is 2. The molecule has 0 spiro atoms. The van der Waals surface area contributed by atoms with Gasteiger partial charge in [-0.15, -0.1) is 0 Å². The molecule has 2 aliphatic rings. The van der Waals surface area contributed by atoms with Gasteiger partial charge in [-0.2, -0.15) is 0 Å². The standard InChI is InChI=1S/C28H41N5O5.C15H26N2O6.C13H17N3/c1-27(2,3)37-25(35)32-17-18-33(26(36)38-28(4,5)6)23(20-32)24(34)31(19-22-11-8-7-9-12-22)15-10-14-30-16-13-29-21-30;1-14(2,3)22-12(20)16-7-8-17(10(9-16)11(18)19)13(21)23-15(4,5)6;1-2-5-13(6-3-1)11-14-7-4-9-16-10-8-15-12-16/h7-9,11-13,16,21,23H,10,14-15,17-20H2,1-6H3;10H,7-9H2,1-6H3,(H,18,19);1-3,5-6,8,10,12,14H,4,7,9,11H2/t23-;;/m1../s1. The van der Waals surface area contributed by atoms with Gasteiger partial charge in [-0.3, -0.25) is 14.6 Å². The Morgan fingerprint density at radius 1 is 0.571 bits per heavy atom. The first-order valence-corrected chi connectivity index (χ1v) is 26.2. The molecule has 6 rings (SSSR count). The van der Waals surface area contributed by atoms with E-state index in [2.05, 4.69) is 44.1 Å². The van der Waals surface area contributed by atoms with Crippen LogP contribution in [0.4, 0.5) is 19.2 Å². The Morgan fingerprint density at radius 2 is 0.987 bits per heavy atom. The molecule has 2 atom stereocenters. The van der Waals surface area contributed by atoms with E-state index in [1.165, 1.54) is 20.3 Å². The minimum absolute atomic E-state index is 0.0276. The van der Waals surface area contributed by atoms with E-state index in [4.69, 9.17) is 18.9 Å². The summed E-state index contributed by atoms with van der Waals surface area (Å²) in [6, 6.07) is 18.1. The molecular weight excluding hydrogens is 989 g/mol. The zero-order chi connectivity index (χ0) is 57.0. The van der Waals surface area contributed by atoms with Gasteiger partial charge in [0.2, 0.25) is 5.91 Å². The molecule has 4 heterocycles. The Kier molecular flexibility index (Phi) is 23.4. The maximum Gasteiger partial charge on any atom is 0.411 e. The van der Waals surface area contributed by atoms with Crippen molar-refractivity contribution in [1.29, 1.82) is 0 Å². The van der Waals surface area contributed by atoms with Crippen molar-refractivity contribution in [2.45, 2.75) is 157 Å². The summed E-state index contributed by atoms with van der Waals surface area (Å²) in [6.07, 6.45) is 10.5. The third-order valence-corrected chi connectivity index (χ3v) is 11.3. The topological polar surface area (TPSA) is 223 Å².